The largest absolute Gasteiger partial charge is 0.302 e. The number of carbonyl (C=O) groups is 1. The molecule has 76 valence electrons. The molecule has 0 bridgehead atoms. The summed E-state index contributed by atoms with van der Waals surface area (Å²) in [6.07, 6.45) is 3.31. The first-order valence-corrected chi connectivity index (χ1v) is 4.95. The topological polar surface area (TPSA) is 20.3 Å². The highest BCUT2D eigenvalue weighted by molar-refractivity contribution is 5.93. The van der Waals surface area contributed by atoms with Crippen molar-refractivity contribution in [1.29, 1.82) is 0 Å². The lowest BCUT2D eigenvalue weighted by Gasteiger charge is -2.25. The molecule has 0 saturated heterocycles. The molecule has 0 radical (unpaired) electrons. The molecular weight excluding hydrogens is 186 g/mol. The minimum atomic E-state index is 0.0105. The summed E-state index contributed by atoms with van der Waals surface area (Å²) in [6, 6.07) is 9.99. The van der Waals surface area contributed by atoms with E-state index in [1.807, 2.05) is 37.3 Å². The molecule has 0 spiro atoms. The van der Waals surface area contributed by atoms with Crippen LogP contribution in [0, 0.1) is 0 Å². The summed E-state index contributed by atoms with van der Waals surface area (Å²) in [5.74, 6) is 0.0105. The average Bonchev–Trinajstić information content (AvgIpc) is 2.59. The van der Waals surface area contributed by atoms with Gasteiger partial charge >= 0.3 is 0 Å². The molecule has 0 unspecified atom stereocenters. The van der Waals surface area contributed by atoms with Gasteiger partial charge < -0.3 is 4.90 Å². The number of hydrogen-bond donors (Lipinski definition) is 0. The van der Waals surface area contributed by atoms with Crippen LogP contribution in [-0.4, -0.2) is 10.8 Å². The van der Waals surface area contributed by atoms with E-state index in [1.54, 1.807) is 17.1 Å². The standard InChI is InChI=1S/C13H13NO/c1-10-8-9-13(15)14(10)11(2)12-6-4-3-5-7-12/h3-9,11H,1H2,2H3/t11-/m0/s1. The average molecular weight is 199 g/mol. The van der Waals surface area contributed by atoms with E-state index in [0.29, 0.717) is 0 Å². The predicted octanol–water partition coefficient (Wildman–Crippen LogP) is 2.66. The van der Waals surface area contributed by atoms with Gasteiger partial charge in [-0.1, -0.05) is 36.9 Å². The summed E-state index contributed by atoms with van der Waals surface area (Å²) in [4.78, 5) is 13.3. The minimum absolute atomic E-state index is 0.0105. The van der Waals surface area contributed by atoms with Crippen molar-refractivity contribution in [3.63, 3.8) is 0 Å². The summed E-state index contributed by atoms with van der Waals surface area (Å²) in [7, 11) is 0. The number of allylic oxidation sites excluding steroid dienone is 1. The van der Waals surface area contributed by atoms with Crippen LogP contribution in [0.3, 0.4) is 0 Å². The third-order valence-corrected chi connectivity index (χ3v) is 2.63. The molecule has 1 heterocycles. The van der Waals surface area contributed by atoms with Crippen LogP contribution in [0.25, 0.3) is 0 Å². The zero-order valence-corrected chi connectivity index (χ0v) is 8.68. The van der Waals surface area contributed by atoms with Crippen molar-refractivity contribution < 1.29 is 4.79 Å². The van der Waals surface area contributed by atoms with Gasteiger partial charge in [0, 0.05) is 11.8 Å². The fourth-order valence-corrected chi connectivity index (χ4v) is 1.79. The molecule has 1 aliphatic heterocycles. The number of hydrogen-bond acceptors (Lipinski definition) is 1. The summed E-state index contributed by atoms with van der Waals surface area (Å²) >= 11 is 0. The summed E-state index contributed by atoms with van der Waals surface area (Å²) < 4.78 is 0. The molecule has 1 aliphatic rings. The van der Waals surface area contributed by atoms with Crippen LogP contribution in [0.2, 0.25) is 0 Å². The maximum atomic E-state index is 11.6. The van der Waals surface area contributed by atoms with Crippen molar-refractivity contribution >= 4 is 5.91 Å². The van der Waals surface area contributed by atoms with Gasteiger partial charge in [-0.25, -0.2) is 0 Å². The van der Waals surface area contributed by atoms with Gasteiger partial charge in [0.15, 0.2) is 0 Å². The molecule has 2 nitrogen and oxygen atoms in total. The maximum absolute atomic E-state index is 11.6. The summed E-state index contributed by atoms with van der Waals surface area (Å²) in [5.41, 5.74) is 1.88. The Bertz CT molecular complexity index is 401. The van der Waals surface area contributed by atoms with Crippen LogP contribution >= 0.6 is 0 Å². The van der Waals surface area contributed by atoms with Gasteiger partial charge in [0.1, 0.15) is 0 Å². The molecule has 15 heavy (non-hydrogen) atoms. The number of rotatable bonds is 2. The highest BCUT2D eigenvalue weighted by Crippen LogP contribution is 2.27. The summed E-state index contributed by atoms with van der Waals surface area (Å²) in [5, 5.41) is 0. The molecule has 1 atom stereocenters. The van der Waals surface area contributed by atoms with Crippen LogP contribution < -0.4 is 0 Å². The molecule has 0 saturated carbocycles. The van der Waals surface area contributed by atoms with Crippen molar-refractivity contribution in [1.82, 2.24) is 4.90 Å². The van der Waals surface area contributed by atoms with E-state index < -0.39 is 0 Å². The van der Waals surface area contributed by atoms with E-state index in [4.69, 9.17) is 0 Å². The molecule has 1 aromatic rings. The lowest BCUT2D eigenvalue weighted by molar-refractivity contribution is -0.124. The van der Waals surface area contributed by atoms with Gasteiger partial charge in [0.05, 0.1) is 6.04 Å². The van der Waals surface area contributed by atoms with Crippen LogP contribution in [0.1, 0.15) is 18.5 Å². The molecule has 0 N–H and O–H groups in total. The molecule has 2 heteroatoms. The fourth-order valence-electron chi connectivity index (χ4n) is 1.79. The molecule has 0 fully saturated rings. The zero-order valence-electron chi connectivity index (χ0n) is 8.68. The first-order valence-electron chi connectivity index (χ1n) is 4.95. The molecule has 1 aromatic carbocycles. The van der Waals surface area contributed by atoms with E-state index in [1.165, 1.54) is 0 Å². The Morgan fingerprint density at radius 3 is 2.40 bits per heavy atom. The van der Waals surface area contributed by atoms with Crippen LogP contribution in [0.5, 0.6) is 0 Å². The Kier molecular flexibility index (Phi) is 2.42. The van der Waals surface area contributed by atoms with Gasteiger partial charge in [0.2, 0.25) is 0 Å². The van der Waals surface area contributed by atoms with Crippen LogP contribution in [0.15, 0.2) is 54.8 Å². The first kappa shape index (κ1) is 9.71. The Hall–Kier alpha value is -1.83. The molecule has 1 amide bonds. The van der Waals surface area contributed by atoms with E-state index in [9.17, 15) is 4.79 Å². The van der Waals surface area contributed by atoms with E-state index in [0.717, 1.165) is 11.3 Å². The Labute approximate surface area is 89.5 Å². The number of nitrogens with zero attached hydrogens (tertiary/aromatic N) is 1. The van der Waals surface area contributed by atoms with Crippen molar-refractivity contribution in [2.45, 2.75) is 13.0 Å². The van der Waals surface area contributed by atoms with Gasteiger partial charge in [-0.15, -0.1) is 0 Å². The third-order valence-electron chi connectivity index (χ3n) is 2.63. The smallest absolute Gasteiger partial charge is 0.251 e. The Morgan fingerprint density at radius 2 is 1.87 bits per heavy atom. The van der Waals surface area contributed by atoms with Crippen molar-refractivity contribution in [2.24, 2.45) is 0 Å². The highest BCUT2D eigenvalue weighted by atomic mass is 16.2. The van der Waals surface area contributed by atoms with E-state index in [2.05, 4.69) is 6.58 Å². The van der Waals surface area contributed by atoms with Crippen molar-refractivity contribution in [3.8, 4) is 0 Å². The fraction of sp³-hybridized carbons (Fsp3) is 0.154. The first-order chi connectivity index (χ1) is 7.20. The second-order valence-electron chi connectivity index (χ2n) is 3.62. The van der Waals surface area contributed by atoms with Gasteiger partial charge in [-0.05, 0) is 18.6 Å². The van der Waals surface area contributed by atoms with Gasteiger partial charge in [-0.2, -0.15) is 0 Å². The monoisotopic (exact) mass is 199 g/mol. The molecular formula is C13H13NO. The van der Waals surface area contributed by atoms with Crippen LogP contribution in [-0.2, 0) is 4.79 Å². The second-order valence-corrected chi connectivity index (χ2v) is 3.62. The second kappa shape index (κ2) is 3.73. The van der Waals surface area contributed by atoms with E-state index in [-0.39, 0.29) is 11.9 Å². The SMILES string of the molecule is C=C1C=CC(=O)N1[C@@H](C)c1ccccc1. The zero-order chi connectivity index (χ0) is 10.8. The number of amides is 1. The summed E-state index contributed by atoms with van der Waals surface area (Å²) in [6.45, 7) is 5.86. The lowest BCUT2D eigenvalue weighted by atomic mass is 10.1. The normalized spacial score (nSPS) is 17.3. The molecule has 0 aliphatic carbocycles. The molecule has 0 aromatic heterocycles. The highest BCUT2D eigenvalue weighted by Gasteiger charge is 2.24. The van der Waals surface area contributed by atoms with Gasteiger partial charge in [0.25, 0.3) is 5.91 Å². The maximum Gasteiger partial charge on any atom is 0.251 e. The van der Waals surface area contributed by atoms with Crippen LogP contribution in [0.4, 0.5) is 0 Å². The van der Waals surface area contributed by atoms with Gasteiger partial charge in [-0.3, -0.25) is 4.79 Å². The number of benzene rings is 1. The van der Waals surface area contributed by atoms with E-state index >= 15 is 0 Å². The number of carbonyl (C=O) groups excluding carboxylic acids is 1. The Balaban J connectivity index is 2.26. The predicted molar refractivity (Wildman–Crippen MR) is 60.0 cm³/mol. The van der Waals surface area contributed by atoms with Crippen molar-refractivity contribution in [3.05, 3.63) is 60.3 Å². The van der Waals surface area contributed by atoms with Crippen molar-refractivity contribution in [2.75, 3.05) is 0 Å². The third kappa shape index (κ3) is 1.71. The molecule has 2 rings (SSSR count). The minimum Gasteiger partial charge on any atom is -0.302 e. The Morgan fingerprint density at radius 1 is 1.20 bits per heavy atom. The lowest BCUT2D eigenvalue weighted by Crippen LogP contribution is -2.26. The quantitative estimate of drug-likeness (QED) is 0.717.